The van der Waals surface area contributed by atoms with Crippen molar-refractivity contribution in [3.63, 3.8) is 0 Å². The van der Waals surface area contributed by atoms with Crippen molar-refractivity contribution < 1.29 is 0 Å². The van der Waals surface area contributed by atoms with E-state index in [1.165, 1.54) is 11.1 Å². The normalized spacial score (nSPS) is 14.1. The third kappa shape index (κ3) is 2.75. The highest BCUT2D eigenvalue weighted by molar-refractivity contribution is 6.18. The number of halogens is 1. The molecule has 0 bridgehead atoms. The van der Waals surface area contributed by atoms with E-state index in [2.05, 4.69) is 52.0 Å². The summed E-state index contributed by atoms with van der Waals surface area (Å²) >= 11 is 5.85. The average Bonchev–Trinajstić information content (AvgIpc) is 2.15. The van der Waals surface area contributed by atoms with E-state index in [4.69, 9.17) is 11.6 Å². The van der Waals surface area contributed by atoms with E-state index in [1.807, 2.05) is 0 Å². The molecule has 0 N–H and O–H groups in total. The zero-order valence-electron chi connectivity index (χ0n) is 9.47. The van der Waals surface area contributed by atoms with Crippen LogP contribution in [0.2, 0.25) is 0 Å². The first-order chi connectivity index (χ1) is 6.45. The molecule has 1 unspecified atom stereocenters. The molecule has 0 amide bonds. The fourth-order valence-corrected chi connectivity index (χ4v) is 1.58. The first kappa shape index (κ1) is 11.6. The Bertz CT molecular complexity index is 296. The van der Waals surface area contributed by atoms with Crippen LogP contribution in [0.25, 0.3) is 0 Å². The Morgan fingerprint density at radius 2 is 1.93 bits per heavy atom. The van der Waals surface area contributed by atoms with Gasteiger partial charge in [-0.3, -0.25) is 0 Å². The fraction of sp³-hybridized carbons (Fsp3) is 0.538. The largest absolute Gasteiger partial charge is 0.126 e. The number of alkyl halides is 1. The molecule has 1 rings (SSSR count). The Morgan fingerprint density at radius 3 is 2.43 bits per heavy atom. The molecular weight excluding hydrogens is 192 g/mol. The SMILES string of the molecule is CC(CCl)c1cccc(C(C)(C)C)c1. The summed E-state index contributed by atoms with van der Waals surface area (Å²) in [6.45, 7) is 8.86. The quantitative estimate of drug-likeness (QED) is 0.638. The molecule has 0 aromatic heterocycles. The molecule has 1 aromatic rings. The Kier molecular flexibility index (Phi) is 3.60. The van der Waals surface area contributed by atoms with Gasteiger partial charge >= 0.3 is 0 Å². The zero-order valence-corrected chi connectivity index (χ0v) is 10.2. The van der Waals surface area contributed by atoms with Crippen LogP contribution in [0.4, 0.5) is 0 Å². The maximum Gasteiger partial charge on any atom is 0.0289 e. The molecule has 14 heavy (non-hydrogen) atoms. The number of hydrogen-bond donors (Lipinski definition) is 0. The second-order valence-corrected chi connectivity index (χ2v) is 5.24. The van der Waals surface area contributed by atoms with Crippen LogP contribution in [0.3, 0.4) is 0 Å². The van der Waals surface area contributed by atoms with Gasteiger partial charge in [0.25, 0.3) is 0 Å². The first-order valence-electron chi connectivity index (χ1n) is 5.11. The average molecular weight is 211 g/mol. The molecular formula is C13H19Cl. The summed E-state index contributed by atoms with van der Waals surface area (Å²) in [5, 5.41) is 0. The van der Waals surface area contributed by atoms with E-state index in [-0.39, 0.29) is 5.41 Å². The van der Waals surface area contributed by atoms with E-state index in [9.17, 15) is 0 Å². The van der Waals surface area contributed by atoms with Gasteiger partial charge in [-0.25, -0.2) is 0 Å². The van der Waals surface area contributed by atoms with Crippen LogP contribution < -0.4 is 0 Å². The van der Waals surface area contributed by atoms with Crippen LogP contribution in [-0.2, 0) is 5.41 Å². The molecule has 0 aliphatic carbocycles. The molecule has 0 heterocycles. The highest BCUT2D eigenvalue weighted by Gasteiger charge is 2.14. The third-order valence-corrected chi connectivity index (χ3v) is 3.02. The molecule has 0 fully saturated rings. The summed E-state index contributed by atoms with van der Waals surface area (Å²) in [4.78, 5) is 0. The molecule has 0 aliphatic rings. The maximum absolute atomic E-state index is 5.85. The number of hydrogen-bond acceptors (Lipinski definition) is 0. The Hall–Kier alpha value is -0.490. The fourth-order valence-electron chi connectivity index (χ4n) is 1.40. The Labute approximate surface area is 92.3 Å². The summed E-state index contributed by atoms with van der Waals surface area (Å²) in [6.07, 6.45) is 0. The van der Waals surface area contributed by atoms with Crippen LogP contribution in [0, 0.1) is 0 Å². The van der Waals surface area contributed by atoms with Gasteiger partial charge in [0, 0.05) is 5.88 Å². The summed E-state index contributed by atoms with van der Waals surface area (Å²) in [5.41, 5.74) is 2.95. The van der Waals surface area contributed by atoms with E-state index >= 15 is 0 Å². The molecule has 0 radical (unpaired) electrons. The van der Waals surface area contributed by atoms with Gasteiger partial charge in [-0.1, -0.05) is 52.0 Å². The van der Waals surface area contributed by atoms with Crippen molar-refractivity contribution in [2.45, 2.75) is 39.0 Å². The van der Waals surface area contributed by atoms with Gasteiger partial charge in [-0.05, 0) is 22.5 Å². The van der Waals surface area contributed by atoms with Crippen LogP contribution in [0.15, 0.2) is 24.3 Å². The minimum atomic E-state index is 0.224. The lowest BCUT2D eigenvalue weighted by Gasteiger charge is -2.20. The minimum absolute atomic E-state index is 0.224. The smallest absolute Gasteiger partial charge is 0.0289 e. The Balaban J connectivity index is 3.01. The lowest BCUT2D eigenvalue weighted by molar-refractivity contribution is 0.588. The van der Waals surface area contributed by atoms with E-state index in [0.29, 0.717) is 11.8 Å². The van der Waals surface area contributed by atoms with Gasteiger partial charge < -0.3 is 0 Å². The number of benzene rings is 1. The standard InChI is InChI=1S/C13H19Cl/c1-10(9-14)11-6-5-7-12(8-11)13(2,3)4/h5-8,10H,9H2,1-4H3. The first-order valence-corrected chi connectivity index (χ1v) is 5.65. The van der Waals surface area contributed by atoms with Gasteiger partial charge in [0.2, 0.25) is 0 Å². The summed E-state index contributed by atoms with van der Waals surface area (Å²) in [7, 11) is 0. The second-order valence-electron chi connectivity index (χ2n) is 4.93. The lowest BCUT2D eigenvalue weighted by Crippen LogP contribution is -2.11. The molecule has 1 atom stereocenters. The molecule has 0 saturated carbocycles. The third-order valence-electron chi connectivity index (χ3n) is 2.55. The van der Waals surface area contributed by atoms with Gasteiger partial charge in [-0.15, -0.1) is 11.6 Å². The molecule has 0 spiro atoms. The van der Waals surface area contributed by atoms with Crippen molar-refractivity contribution in [3.05, 3.63) is 35.4 Å². The van der Waals surface area contributed by atoms with E-state index < -0.39 is 0 Å². The molecule has 1 heteroatoms. The zero-order chi connectivity index (χ0) is 10.8. The van der Waals surface area contributed by atoms with Crippen LogP contribution in [0.5, 0.6) is 0 Å². The van der Waals surface area contributed by atoms with Crippen LogP contribution >= 0.6 is 11.6 Å². The van der Waals surface area contributed by atoms with Crippen molar-refractivity contribution in [1.29, 1.82) is 0 Å². The van der Waals surface area contributed by atoms with Crippen molar-refractivity contribution in [2.75, 3.05) is 5.88 Å². The van der Waals surface area contributed by atoms with Crippen LogP contribution in [0.1, 0.15) is 44.7 Å². The van der Waals surface area contributed by atoms with Crippen molar-refractivity contribution in [1.82, 2.24) is 0 Å². The molecule has 0 nitrogen and oxygen atoms in total. The van der Waals surface area contributed by atoms with E-state index in [1.54, 1.807) is 0 Å². The topological polar surface area (TPSA) is 0 Å². The lowest BCUT2D eigenvalue weighted by atomic mass is 9.85. The van der Waals surface area contributed by atoms with Gasteiger partial charge in [-0.2, -0.15) is 0 Å². The van der Waals surface area contributed by atoms with Gasteiger partial charge in [0.1, 0.15) is 0 Å². The maximum atomic E-state index is 5.85. The summed E-state index contributed by atoms with van der Waals surface area (Å²) in [6, 6.07) is 8.73. The summed E-state index contributed by atoms with van der Waals surface area (Å²) in [5.74, 6) is 1.13. The minimum Gasteiger partial charge on any atom is -0.126 e. The summed E-state index contributed by atoms with van der Waals surface area (Å²) < 4.78 is 0. The predicted molar refractivity (Wildman–Crippen MR) is 64.3 cm³/mol. The second kappa shape index (κ2) is 4.35. The highest BCUT2D eigenvalue weighted by Crippen LogP contribution is 2.26. The molecule has 78 valence electrons. The van der Waals surface area contributed by atoms with Crippen LogP contribution in [-0.4, -0.2) is 5.88 Å². The van der Waals surface area contributed by atoms with Crippen molar-refractivity contribution in [3.8, 4) is 0 Å². The van der Waals surface area contributed by atoms with E-state index in [0.717, 1.165) is 0 Å². The monoisotopic (exact) mass is 210 g/mol. The Morgan fingerprint density at radius 1 is 1.29 bits per heavy atom. The molecule has 0 aliphatic heterocycles. The predicted octanol–water partition coefficient (Wildman–Crippen LogP) is 4.33. The van der Waals surface area contributed by atoms with Gasteiger partial charge in [0.15, 0.2) is 0 Å². The van der Waals surface area contributed by atoms with Crippen molar-refractivity contribution in [2.24, 2.45) is 0 Å². The van der Waals surface area contributed by atoms with Crippen molar-refractivity contribution >= 4 is 11.6 Å². The van der Waals surface area contributed by atoms with Gasteiger partial charge in [0.05, 0.1) is 0 Å². The molecule has 0 saturated heterocycles. The highest BCUT2D eigenvalue weighted by atomic mass is 35.5. The number of rotatable bonds is 2. The molecule has 1 aromatic carbocycles.